The Hall–Kier alpha value is -2.89. The summed E-state index contributed by atoms with van der Waals surface area (Å²) in [5.74, 6) is -0.332. The smallest absolute Gasteiger partial charge is 0.257 e. The van der Waals surface area contributed by atoms with E-state index < -0.39 is 0 Å². The third-order valence-electron chi connectivity index (χ3n) is 4.01. The average molecular weight is 427 g/mol. The van der Waals surface area contributed by atoms with Crippen molar-refractivity contribution >= 4 is 29.3 Å². The fourth-order valence-corrected chi connectivity index (χ4v) is 3.36. The molecule has 0 aliphatic rings. The first-order chi connectivity index (χ1) is 14.4. The molecule has 0 radical (unpaired) electrons. The van der Waals surface area contributed by atoms with Crippen molar-refractivity contribution in [3.05, 3.63) is 53.2 Å². The number of para-hydroxylation sites is 1. The molecule has 0 aliphatic carbocycles. The van der Waals surface area contributed by atoms with Gasteiger partial charge in [0.05, 0.1) is 28.7 Å². The average Bonchev–Trinajstić information content (AvgIpc) is 2.72. The number of pyridine rings is 1. The number of hydrogen-bond acceptors (Lipinski definition) is 6. The summed E-state index contributed by atoms with van der Waals surface area (Å²) < 4.78 is 5.43. The van der Waals surface area contributed by atoms with Crippen molar-refractivity contribution in [3.8, 4) is 6.07 Å². The van der Waals surface area contributed by atoms with E-state index in [0.717, 1.165) is 6.42 Å². The van der Waals surface area contributed by atoms with Crippen LogP contribution in [0.15, 0.2) is 41.4 Å². The predicted molar refractivity (Wildman–Crippen MR) is 118 cm³/mol. The molecule has 1 aromatic heterocycles. The molecule has 0 aliphatic heterocycles. The molecule has 1 aromatic carbocycles. The van der Waals surface area contributed by atoms with Crippen LogP contribution in [0.25, 0.3) is 0 Å². The van der Waals surface area contributed by atoms with Gasteiger partial charge in [-0.15, -0.1) is 0 Å². The lowest BCUT2D eigenvalue weighted by molar-refractivity contribution is -0.118. The van der Waals surface area contributed by atoms with Crippen LogP contribution < -0.4 is 10.6 Å². The molecule has 0 bridgehead atoms. The van der Waals surface area contributed by atoms with Gasteiger partial charge in [0.1, 0.15) is 11.1 Å². The summed E-state index contributed by atoms with van der Waals surface area (Å²) in [6.07, 6.45) is 0.911. The molecule has 158 valence electrons. The van der Waals surface area contributed by atoms with Crippen molar-refractivity contribution in [3.63, 3.8) is 0 Å². The molecule has 7 nitrogen and oxygen atoms in total. The SMILES string of the molecule is Cc1nc(SCC(=O)NCCCOC(C)C)c(C#N)cc1C(=O)Nc1ccccc1. The Kier molecular flexibility index (Phi) is 9.32. The molecule has 1 heterocycles. The Labute approximate surface area is 181 Å². The quantitative estimate of drug-likeness (QED) is 0.445. The fourth-order valence-electron chi connectivity index (χ4n) is 2.53. The van der Waals surface area contributed by atoms with Crippen LogP contribution in [0.5, 0.6) is 0 Å². The number of aromatic nitrogens is 1. The molecule has 0 atom stereocenters. The van der Waals surface area contributed by atoms with Gasteiger partial charge in [0.25, 0.3) is 5.91 Å². The van der Waals surface area contributed by atoms with Crippen molar-refractivity contribution in [2.24, 2.45) is 0 Å². The Morgan fingerprint density at radius 3 is 2.67 bits per heavy atom. The number of hydrogen-bond donors (Lipinski definition) is 2. The molecule has 0 spiro atoms. The Morgan fingerprint density at radius 1 is 1.27 bits per heavy atom. The molecule has 0 unspecified atom stereocenters. The highest BCUT2D eigenvalue weighted by Crippen LogP contribution is 2.23. The van der Waals surface area contributed by atoms with E-state index in [2.05, 4.69) is 21.7 Å². The van der Waals surface area contributed by atoms with E-state index in [0.29, 0.717) is 35.1 Å². The van der Waals surface area contributed by atoms with E-state index in [1.807, 2.05) is 32.0 Å². The number of rotatable bonds is 10. The highest BCUT2D eigenvalue weighted by atomic mass is 32.2. The van der Waals surface area contributed by atoms with Gasteiger partial charge in [-0.25, -0.2) is 4.98 Å². The van der Waals surface area contributed by atoms with Crippen molar-refractivity contribution in [1.29, 1.82) is 5.26 Å². The summed E-state index contributed by atoms with van der Waals surface area (Å²) in [6, 6.07) is 12.7. The third kappa shape index (κ3) is 7.50. The molecule has 2 N–H and O–H groups in total. The number of anilines is 1. The van der Waals surface area contributed by atoms with Crippen LogP contribution >= 0.6 is 11.8 Å². The molecule has 0 saturated heterocycles. The van der Waals surface area contributed by atoms with Crippen LogP contribution in [0.1, 0.15) is 41.9 Å². The van der Waals surface area contributed by atoms with Gasteiger partial charge in [-0.05, 0) is 45.4 Å². The summed E-state index contributed by atoms with van der Waals surface area (Å²) in [5, 5.41) is 15.5. The van der Waals surface area contributed by atoms with Crippen LogP contribution in [0.2, 0.25) is 0 Å². The number of carbonyl (C=O) groups excluding carboxylic acids is 2. The summed E-state index contributed by atoms with van der Waals surface area (Å²) in [7, 11) is 0. The maximum Gasteiger partial charge on any atom is 0.257 e. The number of carbonyl (C=O) groups is 2. The lowest BCUT2D eigenvalue weighted by atomic mass is 10.1. The summed E-state index contributed by atoms with van der Waals surface area (Å²) in [6.45, 7) is 6.76. The normalized spacial score (nSPS) is 10.5. The van der Waals surface area contributed by atoms with Crippen molar-refractivity contribution < 1.29 is 14.3 Å². The lowest BCUT2D eigenvalue weighted by Crippen LogP contribution is -2.27. The van der Waals surface area contributed by atoms with Gasteiger partial charge in [0.2, 0.25) is 5.91 Å². The van der Waals surface area contributed by atoms with E-state index in [9.17, 15) is 14.9 Å². The molecule has 2 aromatic rings. The first kappa shape index (κ1) is 23.4. The van der Waals surface area contributed by atoms with Gasteiger partial charge < -0.3 is 15.4 Å². The summed E-state index contributed by atoms with van der Waals surface area (Å²) in [4.78, 5) is 29.0. The number of benzene rings is 1. The summed E-state index contributed by atoms with van der Waals surface area (Å²) >= 11 is 1.18. The fraction of sp³-hybridized carbons (Fsp3) is 0.364. The zero-order valence-electron chi connectivity index (χ0n) is 17.4. The molecule has 30 heavy (non-hydrogen) atoms. The van der Waals surface area contributed by atoms with Crippen molar-refractivity contribution in [2.75, 3.05) is 24.2 Å². The predicted octanol–water partition coefficient (Wildman–Crippen LogP) is 3.54. The van der Waals surface area contributed by atoms with E-state index in [-0.39, 0.29) is 29.2 Å². The zero-order chi connectivity index (χ0) is 21.9. The van der Waals surface area contributed by atoms with Crippen LogP contribution in [-0.2, 0) is 9.53 Å². The highest BCUT2D eigenvalue weighted by Gasteiger charge is 2.16. The van der Waals surface area contributed by atoms with E-state index in [1.54, 1.807) is 19.1 Å². The monoisotopic (exact) mass is 426 g/mol. The Balaban J connectivity index is 1.94. The lowest BCUT2D eigenvalue weighted by Gasteiger charge is -2.11. The number of ether oxygens (including phenoxy) is 1. The second kappa shape index (κ2) is 12.0. The first-order valence-corrected chi connectivity index (χ1v) is 10.7. The maximum atomic E-state index is 12.6. The van der Waals surface area contributed by atoms with E-state index in [1.165, 1.54) is 17.8 Å². The third-order valence-corrected chi connectivity index (χ3v) is 5.00. The van der Waals surface area contributed by atoms with Crippen LogP contribution in [0, 0.1) is 18.3 Å². The van der Waals surface area contributed by atoms with Gasteiger partial charge in [0, 0.05) is 18.8 Å². The number of amides is 2. The van der Waals surface area contributed by atoms with Gasteiger partial charge in [-0.3, -0.25) is 9.59 Å². The maximum absolute atomic E-state index is 12.6. The number of nitrogens with zero attached hydrogens (tertiary/aromatic N) is 2. The minimum absolute atomic E-state index is 0.140. The van der Waals surface area contributed by atoms with Gasteiger partial charge in [-0.2, -0.15) is 5.26 Å². The molecule has 8 heteroatoms. The Bertz CT molecular complexity index is 911. The minimum Gasteiger partial charge on any atom is -0.379 e. The van der Waals surface area contributed by atoms with Gasteiger partial charge in [-0.1, -0.05) is 30.0 Å². The molecule has 0 saturated carbocycles. The van der Waals surface area contributed by atoms with Crippen LogP contribution in [0.3, 0.4) is 0 Å². The van der Waals surface area contributed by atoms with Crippen LogP contribution in [-0.4, -0.2) is 41.8 Å². The number of nitrogens with one attached hydrogen (secondary N) is 2. The second-order valence-electron chi connectivity index (χ2n) is 6.82. The number of aryl methyl sites for hydroxylation is 1. The van der Waals surface area contributed by atoms with E-state index >= 15 is 0 Å². The molecule has 2 amide bonds. The largest absolute Gasteiger partial charge is 0.379 e. The van der Waals surface area contributed by atoms with Gasteiger partial charge >= 0.3 is 0 Å². The van der Waals surface area contributed by atoms with Crippen LogP contribution in [0.4, 0.5) is 5.69 Å². The highest BCUT2D eigenvalue weighted by molar-refractivity contribution is 8.00. The standard InChI is InChI=1S/C22H26N4O3S/c1-15(2)29-11-7-10-24-20(27)14-30-22-17(13-23)12-19(16(3)25-22)21(28)26-18-8-5-4-6-9-18/h4-6,8-9,12,15H,7,10-11,14H2,1-3H3,(H,24,27)(H,26,28). The molecular formula is C22H26N4O3S. The zero-order valence-corrected chi connectivity index (χ0v) is 18.2. The number of thioether (sulfide) groups is 1. The van der Waals surface area contributed by atoms with Gasteiger partial charge in [0.15, 0.2) is 0 Å². The molecule has 0 fully saturated rings. The minimum atomic E-state index is -0.333. The first-order valence-electron chi connectivity index (χ1n) is 9.70. The topological polar surface area (TPSA) is 104 Å². The van der Waals surface area contributed by atoms with Crippen molar-refractivity contribution in [2.45, 2.75) is 38.3 Å². The van der Waals surface area contributed by atoms with Crippen molar-refractivity contribution in [1.82, 2.24) is 10.3 Å². The molecular weight excluding hydrogens is 400 g/mol. The second-order valence-corrected chi connectivity index (χ2v) is 7.78. The molecule has 2 rings (SSSR count). The Morgan fingerprint density at radius 2 is 2.00 bits per heavy atom. The number of nitriles is 1. The van der Waals surface area contributed by atoms with E-state index in [4.69, 9.17) is 4.74 Å². The summed E-state index contributed by atoms with van der Waals surface area (Å²) in [5.41, 5.74) is 1.75.